The van der Waals surface area contributed by atoms with Crippen LogP contribution in [0, 0.1) is 0 Å². The summed E-state index contributed by atoms with van der Waals surface area (Å²) in [4.78, 5) is 25.8. The highest BCUT2D eigenvalue weighted by molar-refractivity contribution is 5.90. The molecule has 2 N–H and O–H groups in total. The number of aromatic nitrogens is 2. The lowest BCUT2D eigenvalue weighted by molar-refractivity contribution is -0.133. The number of rotatable bonds is 2. The zero-order chi connectivity index (χ0) is 16.5. The molecule has 0 saturated carbocycles. The molecule has 6 nitrogen and oxygen atoms in total. The maximum atomic E-state index is 13.2. The highest BCUT2D eigenvalue weighted by Crippen LogP contribution is 2.37. The molecule has 1 aromatic carbocycles. The Kier molecular flexibility index (Phi) is 6.81. The van der Waals surface area contributed by atoms with Gasteiger partial charge in [0.25, 0.3) is 0 Å². The van der Waals surface area contributed by atoms with Gasteiger partial charge in [0.2, 0.25) is 11.9 Å². The summed E-state index contributed by atoms with van der Waals surface area (Å²) >= 11 is 0. The van der Waals surface area contributed by atoms with Gasteiger partial charge in [0.15, 0.2) is 0 Å². The normalized spacial score (nSPS) is 21.4. The minimum absolute atomic E-state index is 0. The molecule has 8 heteroatoms. The van der Waals surface area contributed by atoms with Crippen LogP contribution in [-0.4, -0.2) is 45.9 Å². The molecule has 2 aliphatic heterocycles. The molecule has 4 rings (SSSR count). The van der Waals surface area contributed by atoms with Crippen molar-refractivity contribution in [1.82, 2.24) is 14.9 Å². The zero-order valence-corrected chi connectivity index (χ0v) is 16.0. The first-order valence-electron chi connectivity index (χ1n) is 8.42. The molecular formula is C18H23Cl2N5O. The third-order valence-corrected chi connectivity index (χ3v) is 4.80. The number of fused-ring (bicyclic) bond motifs is 1. The molecule has 0 bridgehead atoms. The van der Waals surface area contributed by atoms with E-state index < -0.39 is 0 Å². The van der Waals surface area contributed by atoms with Crippen molar-refractivity contribution in [2.24, 2.45) is 5.73 Å². The lowest BCUT2D eigenvalue weighted by Crippen LogP contribution is -2.52. The number of carbonyl (C=O) groups is 1. The van der Waals surface area contributed by atoms with E-state index >= 15 is 0 Å². The number of para-hydroxylation sites is 1. The van der Waals surface area contributed by atoms with Crippen LogP contribution in [0.1, 0.15) is 18.4 Å². The molecule has 2 atom stereocenters. The molecule has 26 heavy (non-hydrogen) atoms. The third kappa shape index (κ3) is 3.77. The summed E-state index contributed by atoms with van der Waals surface area (Å²) in [6.07, 6.45) is 6.05. The lowest BCUT2D eigenvalue weighted by atomic mass is 10.0. The number of amides is 1. The fraction of sp³-hybridized carbons (Fsp3) is 0.389. The van der Waals surface area contributed by atoms with E-state index in [9.17, 15) is 4.79 Å². The van der Waals surface area contributed by atoms with Gasteiger partial charge in [-0.25, -0.2) is 9.97 Å². The standard InChI is InChI=1S/C18H21N5O.2ClH/c19-14-6-3-10-22(12-14)17(24)16-11-13-5-1-2-7-15(13)23(16)18-20-8-4-9-21-18;;/h1-2,4-5,7-9,14,16H,3,6,10-12,19H2;2*1H. The molecule has 1 fully saturated rings. The zero-order valence-electron chi connectivity index (χ0n) is 14.3. The average molecular weight is 396 g/mol. The molecule has 3 heterocycles. The van der Waals surface area contributed by atoms with Crippen LogP contribution in [0.5, 0.6) is 0 Å². The lowest BCUT2D eigenvalue weighted by Gasteiger charge is -2.35. The Morgan fingerprint density at radius 1 is 1.12 bits per heavy atom. The number of hydrogen-bond donors (Lipinski definition) is 1. The largest absolute Gasteiger partial charge is 0.339 e. The quantitative estimate of drug-likeness (QED) is 0.844. The molecule has 0 aliphatic carbocycles. The van der Waals surface area contributed by atoms with Crippen molar-refractivity contribution in [2.75, 3.05) is 18.0 Å². The highest BCUT2D eigenvalue weighted by Gasteiger charge is 2.39. The highest BCUT2D eigenvalue weighted by atomic mass is 35.5. The summed E-state index contributed by atoms with van der Waals surface area (Å²) in [7, 11) is 0. The van der Waals surface area contributed by atoms with Crippen molar-refractivity contribution in [3.63, 3.8) is 0 Å². The van der Waals surface area contributed by atoms with Gasteiger partial charge in [-0.15, -0.1) is 24.8 Å². The molecule has 2 aromatic rings. The van der Waals surface area contributed by atoms with Crippen LogP contribution in [0.15, 0.2) is 42.7 Å². The molecule has 1 saturated heterocycles. The van der Waals surface area contributed by atoms with Crippen LogP contribution < -0.4 is 10.6 Å². The van der Waals surface area contributed by atoms with E-state index in [1.54, 1.807) is 18.5 Å². The number of anilines is 2. The summed E-state index contributed by atoms with van der Waals surface area (Å²) in [6, 6.07) is 9.65. The summed E-state index contributed by atoms with van der Waals surface area (Å²) in [6.45, 7) is 1.41. The minimum atomic E-state index is -0.296. The van der Waals surface area contributed by atoms with Gasteiger partial charge in [0.05, 0.1) is 0 Å². The molecule has 2 aliphatic rings. The molecular weight excluding hydrogens is 373 g/mol. The third-order valence-electron chi connectivity index (χ3n) is 4.80. The van der Waals surface area contributed by atoms with Gasteiger partial charge in [-0.3, -0.25) is 9.69 Å². The van der Waals surface area contributed by atoms with E-state index in [1.807, 2.05) is 28.0 Å². The van der Waals surface area contributed by atoms with Crippen LogP contribution in [0.2, 0.25) is 0 Å². The van der Waals surface area contributed by atoms with Gasteiger partial charge in [-0.05, 0) is 30.5 Å². The van der Waals surface area contributed by atoms with E-state index in [2.05, 4.69) is 16.0 Å². The molecule has 2 unspecified atom stereocenters. The van der Waals surface area contributed by atoms with Crippen LogP contribution in [-0.2, 0) is 11.2 Å². The Balaban J connectivity index is 0.00000121. The van der Waals surface area contributed by atoms with Gasteiger partial charge in [-0.2, -0.15) is 0 Å². The summed E-state index contributed by atoms with van der Waals surface area (Å²) in [5, 5.41) is 0. The van der Waals surface area contributed by atoms with E-state index in [0.717, 1.165) is 30.6 Å². The number of nitrogens with two attached hydrogens (primary N) is 1. The summed E-state index contributed by atoms with van der Waals surface area (Å²) in [5.41, 5.74) is 8.23. The van der Waals surface area contributed by atoms with Gasteiger partial charge in [0.1, 0.15) is 6.04 Å². The number of nitrogens with zero attached hydrogens (tertiary/aromatic N) is 4. The Morgan fingerprint density at radius 2 is 1.85 bits per heavy atom. The Hall–Kier alpha value is -1.89. The number of benzene rings is 1. The predicted octanol–water partition coefficient (Wildman–Crippen LogP) is 2.33. The molecule has 0 radical (unpaired) electrons. The van der Waals surface area contributed by atoms with Crippen molar-refractivity contribution in [3.05, 3.63) is 48.3 Å². The number of piperidine rings is 1. The number of halogens is 2. The van der Waals surface area contributed by atoms with Gasteiger partial charge in [0, 0.05) is 43.6 Å². The van der Waals surface area contributed by atoms with E-state index in [0.29, 0.717) is 18.9 Å². The fourth-order valence-electron chi connectivity index (χ4n) is 3.67. The first-order chi connectivity index (χ1) is 11.7. The predicted molar refractivity (Wildman–Crippen MR) is 106 cm³/mol. The molecule has 0 spiro atoms. The number of likely N-dealkylation sites (tertiary alicyclic amines) is 1. The van der Waals surface area contributed by atoms with Crippen LogP contribution in [0.25, 0.3) is 0 Å². The Labute approximate surface area is 165 Å². The average Bonchev–Trinajstić information content (AvgIpc) is 3.01. The minimum Gasteiger partial charge on any atom is -0.339 e. The fourth-order valence-corrected chi connectivity index (χ4v) is 3.67. The molecule has 140 valence electrons. The number of carbonyl (C=O) groups excluding carboxylic acids is 1. The van der Waals surface area contributed by atoms with Crippen molar-refractivity contribution in [1.29, 1.82) is 0 Å². The Bertz CT molecular complexity index is 745. The van der Waals surface area contributed by atoms with Crippen LogP contribution >= 0.6 is 24.8 Å². The summed E-state index contributed by atoms with van der Waals surface area (Å²) < 4.78 is 0. The van der Waals surface area contributed by atoms with Gasteiger partial charge < -0.3 is 10.6 Å². The second kappa shape index (κ2) is 8.66. The smallest absolute Gasteiger partial charge is 0.246 e. The van der Waals surface area contributed by atoms with Crippen LogP contribution in [0.4, 0.5) is 11.6 Å². The number of hydrogen-bond acceptors (Lipinski definition) is 5. The van der Waals surface area contributed by atoms with Crippen molar-refractivity contribution < 1.29 is 4.79 Å². The second-order valence-electron chi connectivity index (χ2n) is 6.45. The second-order valence-corrected chi connectivity index (χ2v) is 6.45. The van der Waals surface area contributed by atoms with Crippen molar-refractivity contribution in [3.8, 4) is 0 Å². The maximum absolute atomic E-state index is 13.2. The van der Waals surface area contributed by atoms with Crippen molar-refractivity contribution in [2.45, 2.75) is 31.3 Å². The Morgan fingerprint density at radius 3 is 2.58 bits per heavy atom. The topological polar surface area (TPSA) is 75.3 Å². The maximum Gasteiger partial charge on any atom is 0.246 e. The summed E-state index contributed by atoms with van der Waals surface area (Å²) in [5.74, 6) is 0.691. The van der Waals surface area contributed by atoms with E-state index in [-0.39, 0.29) is 42.8 Å². The SMILES string of the molecule is Cl.Cl.NC1CCCN(C(=O)C2Cc3ccccc3N2c2ncccn2)C1. The van der Waals surface area contributed by atoms with Crippen molar-refractivity contribution >= 4 is 42.4 Å². The van der Waals surface area contributed by atoms with Gasteiger partial charge >= 0.3 is 0 Å². The van der Waals surface area contributed by atoms with Gasteiger partial charge in [-0.1, -0.05) is 18.2 Å². The van der Waals surface area contributed by atoms with Crippen LogP contribution in [0.3, 0.4) is 0 Å². The molecule has 1 amide bonds. The monoisotopic (exact) mass is 395 g/mol. The molecule has 1 aromatic heterocycles. The van der Waals surface area contributed by atoms with E-state index in [1.165, 1.54) is 0 Å². The first-order valence-corrected chi connectivity index (χ1v) is 8.42. The first kappa shape index (κ1) is 20.4. The van der Waals surface area contributed by atoms with E-state index in [4.69, 9.17) is 5.73 Å².